The predicted octanol–water partition coefficient (Wildman–Crippen LogP) is 17.0. The lowest BCUT2D eigenvalue weighted by atomic mass is 9.36. The fourth-order valence-corrected chi connectivity index (χ4v) is 13.9. The zero-order valence-electron chi connectivity index (χ0n) is 44.2. The summed E-state index contributed by atoms with van der Waals surface area (Å²) in [6.07, 6.45) is 2.08. The van der Waals surface area contributed by atoms with E-state index < -0.39 is 0 Å². The third-order valence-corrected chi connectivity index (χ3v) is 18.6. The average Bonchev–Trinajstić information content (AvgIpc) is 3.95. The predicted molar refractivity (Wildman–Crippen MR) is 325 cm³/mol. The SMILES string of the molecule is CCC(C)(C)c1ccc2c(c1)c1c(n2C)B2c3c(cccc3N(c3cccc4c5ccccc5c5ccccc5c34)c3c2n(C)c2ccc(C(C)(C)CC)cc32)N1c1cccc2c3ccccc3c3ccccc3c12. The Morgan fingerprint density at radius 2 is 0.653 bits per heavy atom. The first-order valence-electron chi connectivity index (χ1n) is 27.1. The van der Waals surface area contributed by atoms with Gasteiger partial charge in [0.1, 0.15) is 0 Å². The first kappa shape index (κ1) is 44.2. The van der Waals surface area contributed by atoms with Gasteiger partial charge in [-0.15, -0.1) is 0 Å². The van der Waals surface area contributed by atoms with E-state index in [4.69, 9.17) is 0 Å². The minimum atomic E-state index is -0.103. The first-order chi connectivity index (χ1) is 36.5. The highest BCUT2D eigenvalue weighted by molar-refractivity contribution is 7.00. The number of benzene rings is 11. The zero-order valence-corrected chi connectivity index (χ0v) is 44.2. The van der Waals surface area contributed by atoms with Gasteiger partial charge in [0, 0.05) is 69.2 Å². The molecule has 0 aliphatic carbocycles. The Hall–Kier alpha value is -8.28. The quantitative estimate of drug-likeness (QED) is 0.122. The van der Waals surface area contributed by atoms with Crippen LogP contribution in [0.4, 0.5) is 34.1 Å². The molecule has 2 aliphatic heterocycles. The number of nitrogens with zero attached hydrogens (tertiary/aromatic N) is 4. The molecular weight excluding hydrogens is 908 g/mol. The number of rotatable bonds is 6. The van der Waals surface area contributed by atoms with Crippen molar-refractivity contribution in [3.63, 3.8) is 0 Å². The van der Waals surface area contributed by atoms with Crippen molar-refractivity contribution >= 4 is 144 Å². The molecule has 2 aliphatic rings. The van der Waals surface area contributed by atoms with E-state index in [-0.39, 0.29) is 17.5 Å². The van der Waals surface area contributed by atoms with E-state index in [2.05, 4.69) is 263 Å². The largest absolute Gasteiger partial charge is 0.353 e. The maximum atomic E-state index is 2.69. The van der Waals surface area contributed by atoms with Gasteiger partial charge >= 0.3 is 0 Å². The van der Waals surface area contributed by atoms with E-state index in [1.165, 1.54) is 148 Å². The fraction of sp³-hybridized carbons (Fsp3) is 0.171. The molecule has 13 aromatic rings. The molecule has 0 unspecified atom stereocenters. The summed E-state index contributed by atoms with van der Waals surface area (Å²) in [5, 5.41) is 17.8. The second-order valence-electron chi connectivity index (χ2n) is 22.9. The van der Waals surface area contributed by atoms with Gasteiger partial charge in [0.25, 0.3) is 6.71 Å². The molecule has 0 spiro atoms. The first-order valence-corrected chi connectivity index (χ1v) is 27.1. The number of aryl methyl sites for hydroxylation is 2. The van der Waals surface area contributed by atoms with Crippen molar-refractivity contribution in [1.82, 2.24) is 9.13 Å². The number of aromatic nitrogens is 2. The van der Waals surface area contributed by atoms with E-state index >= 15 is 0 Å². The molecule has 5 heteroatoms. The van der Waals surface area contributed by atoms with Gasteiger partial charge in [-0.2, -0.15) is 0 Å². The molecule has 11 aromatic carbocycles. The number of hydrogen-bond acceptors (Lipinski definition) is 2. The maximum Gasteiger partial charge on any atom is 0.292 e. The second kappa shape index (κ2) is 15.6. The summed E-state index contributed by atoms with van der Waals surface area (Å²) in [5.41, 5.74) is 16.5. The Labute approximate surface area is 439 Å². The van der Waals surface area contributed by atoms with Crippen molar-refractivity contribution in [1.29, 1.82) is 0 Å². The Bertz CT molecular complexity index is 4250. The molecule has 0 amide bonds. The van der Waals surface area contributed by atoms with Crippen LogP contribution in [0.15, 0.2) is 188 Å². The van der Waals surface area contributed by atoms with Crippen molar-refractivity contribution in [2.45, 2.75) is 65.2 Å². The van der Waals surface area contributed by atoms with E-state index in [1.54, 1.807) is 0 Å². The maximum absolute atomic E-state index is 2.69. The van der Waals surface area contributed by atoms with Crippen molar-refractivity contribution < 1.29 is 0 Å². The molecule has 4 heterocycles. The van der Waals surface area contributed by atoms with Crippen LogP contribution in [0, 0.1) is 0 Å². The number of hydrogen-bond donors (Lipinski definition) is 0. The van der Waals surface area contributed by atoms with Gasteiger partial charge in [-0.05, 0) is 143 Å². The average molecular weight is 967 g/mol. The Morgan fingerprint density at radius 3 is 1.01 bits per heavy atom. The van der Waals surface area contributed by atoms with Crippen molar-refractivity contribution in [3.05, 3.63) is 199 Å². The van der Waals surface area contributed by atoms with E-state index in [9.17, 15) is 0 Å². The minimum absolute atomic E-state index is 0.0116. The van der Waals surface area contributed by atoms with Gasteiger partial charge in [0.2, 0.25) is 0 Å². The lowest BCUT2D eigenvalue weighted by molar-refractivity contribution is 0.507. The molecule has 0 saturated heterocycles. The highest BCUT2D eigenvalue weighted by Gasteiger charge is 2.49. The van der Waals surface area contributed by atoms with Crippen LogP contribution in [0.3, 0.4) is 0 Å². The third kappa shape index (κ3) is 5.84. The van der Waals surface area contributed by atoms with Crippen LogP contribution in [0.25, 0.3) is 86.4 Å². The number of fused-ring (bicyclic) bond motifs is 20. The molecule has 75 heavy (non-hydrogen) atoms. The highest BCUT2D eigenvalue weighted by Crippen LogP contribution is 2.53. The van der Waals surface area contributed by atoms with Gasteiger partial charge in [0.05, 0.1) is 22.7 Å². The van der Waals surface area contributed by atoms with Crippen LogP contribution in [0.2, 0.25) is 0 Å². The standard InChI is InChI=1S/C70H59BN4/c1-9-69(3,4)42-36-38-56-54(40-42)65-67(72(56)7)71-64-60(74(65)58-32-19-30-52-48-24-13-11-22-44(48)46-26-15-17-28-50(46)62(52)58)34-21-35-61(64)75(66-55-41-43(70(5,6)10-2)37-39-57(55)73(8)68(66)71)59-33-20-31-53-49-25-14-12-23-45(49)47-27-16-18-29-51(47)63(53)59/h11-41H,9-10H2,1-8H3. The monoisotopic (exact) mass is 966 g/mol. The molecule has 0 bridgehead atoms. The summed E-state index contributed by atoms with van der Waals surface area (Å²) in [7, 11) is 4.67. The molecule has 0 atom stereocenters. The smallest absolute Gasteiger partial charge is 0.292 e. The van der Waals surface area contributed by atoms with Crippen LogP contribution in [0.5, 0.6) is 0 Å². The Kier molecular flexibility index (Phi) is 9.22. The number of anilines is 6. The van der Waals surface area contributed by atoms with Crippen LogP contribution >= 0.6 is 0 Å². The van der Waals surface area contributed by atoms with E-state index in [0.29, 0.717) is 0 Å². The summed E-state index contributed by atoms with van der Waals surface area (Å²) in [4.78, 5) is 5.39. The van der Waals surface area contributed by atoms with Crippen LogP contribution in [0.1, 0.15) is 65.5 Å². The van der Waals surface area contributed by atoms with Crippen LogP contribution < -0.4 is 26.4 Å². The highest BCUT2D eigenvalue weighted by atomic mass is 15.2. The van der Waals surface area contributed by atoms with Gasteiger partial charge in [-0.1, -0.05) is 181 Å². The van der Waals surface area contributed by atoms with Gasteiger partial charge in [0.15, 0.2) is 0 Å². The van der Waals surface area contributed by atoms with Crippen molar-refractivity contribution in [2.75, 3.05) is 9.80 Å². The molecule has 0 radical (unpaired) electrons. The van der Waals surface area contributed by atoms with Gasteiger partial charge < -0.3 is 18.9 Å². The summed E-state index contributed by atoms with van der Waals surface area (Å²) in [5.74, 6) is 0. The van der Waals surface area contributed by atoms with Crippen LogP contribution in [-0.4, -0.2) is 15.8 Å². The van der Waals surface area contributed by atoms with E-state index in [0.717, 1.165) is 12.8 Å². The summed E-state index contributed by atoms with van der Waals surface area (Å²) >= 11 is 0. The summed E-state index contributed by atoms with van der Waals surface area (Å²) in [6, 6.07) is 72.1. The van der Waals surface area contributed by atoms with Crippen molar-refractivity contribution in [3.8, 4) is 0 Å². The van der Waals surface area contributed by atoms with Crippen molar-refractivity contribution in [2.24, 2.45) is 14.1 Å². The topological polar surface area (TPSA) is 16.3 Å². The lowest BCUT2D eigenvalue weighted by Crippen LogP contribution is -2.64. The summed E-state index contributed by atoms with van der Waals surface area (Å²) in [6.45, 7) is 14.1. The molecule has 0 saturated carbocycles. The molecule has 2 aromatic heterocycles. The summed E-state index contributed by atoms with van der Waals surface area (Å²) < 4.78 is 5.12. The fourth-order valence-electron chi connectivity index (χ4n) is 13.9. The minimum Gasteiger partial charge on any atom is -0.353 e. The van der Waals surface area contributed by atoms with Gasteiger partial charge in [-0.25, -0.2) is 0 Å². The zero-order chi connectivity index (χ0) is 50.8. The molecule has 15 rings (SSSR count). The molecular formula is C70H59BN4. The molecule has 362 valence electrons. The third-order valence-electron chi connectivity index (χ3n) is 18.6. The lowest BCUT2D eigenvalue weighted by Gasteiger charge is -2.43. The second-order valence-corrected chi connectivity index (χ2v) is 22.9. The normalized spacial score (nSPS) is 13.6. The van der Waals surface area contributed by atoms with Crippen LogP contribution in [-0.2, 0) is 24.9 Å². The molecule has 0 N–H and O–H groups in total. The van der Waals surface area contributed by atoms with Gasteiger partial charge in [-0.3, -0.25) is 0 Å². The Balaban J connectivity index is 1.14. The van der Waals surface area contributed by atoms with E-state index in [1.807, 2.05) is 0 Å². The Morgan fingerprint density at radius 1 is 0.347 bits per heavy atom. The molecule has 0 fully saturated rings. The molecule has 4 nitrogen and oxygen atoms in total.